The molecule has 128 valence electrons. The number of H-pyrrole nitrogens is 2. The third kappa shape index (κ3) is 2.96. The van der Waals surface area contributed by atoms with Gasteiger partial charge in [-0.3, -0.25) is 19.3 Å². The number of hydrogen-bond acceptors (Lipinski definition) is 5. The molecule has 0 aliphatic heterocycles. The number of benzene rings is 1. The van der Waals surface area contributed by atoms with Crippen molar-refractivity contribution in [2.45, 2.75) is 6.92 Å². The molecule has 0 spiro atoms. The van der Waals surface area contributed by atoms with Crippen LogP contribution in [-0.4, -0.2) is 30.7 Å². The lowest BCUT2D eigenvalue weighted by molar-refractivity contribution is 0.449. The molecule has 0 amide bonds. The number of rotatable bonds is 3. The summed E-state index contributed by atoms with van der Waals surface area (Å²) in [5, 5.41) is 9.80. The van der Waals surface area contributed by atoms with E-state index in [4.69, 9.17) is 12.2 Å². The van der Waals surface area contributed by atoms with Gasteiger partial charge in [-0.2, -0.15) is 0 Å². The van der Waals surface area contributed by atoms with E-state index in [1.165, 1.54) is 4.68 Å². The Labute approximate surface area is 146 Å². The molecule has 0 unspecified atom stereocenters. The molecule has 3 aromatic rings. The molecule has 8 nitrogen and oxygen atoms in total. The third-order valence-corrected chi connectivity index (χ3v) is 4.01. The van der Waals surface area contributed by atoms with E-state index in [0.29, 0.717) is 11.4 Å². The van der Waals surface area contributed by atoms with Gasteiger partial charge in [0, 0.05) is 13.3 Å². The van der Waals surface area contributed by atoms with Crippen LogP contribution in [0, 0.1) is 11.7 Å². The van der Waals surface area contributed by atoms with Crippen LogP contribution in [0.25, 0.3) is 5.69 Å². The summed E-state index contributed by atoms with van der Waals surface area (Å²) in [7, 11) is 1.74. The smallest absolute Gasteiger partial charge is 0.297 e. The lowest BCUT2D eigenvalue weighted by Gasteiger charge is -2.07. The van der Waals surface area contributed by atoms with Gasteiger partial charge in [0.25, 0.3) is 11.1 Å². The minimum atomic E-state index is -0.595. The highest BCUT2D eigenvalue weighted by Crippen LogP contribution is 2.17. The fraction of sp³-hybridized carbons (Fsp3) is 0.125. The van der Waals surface area contributed by atoms with Gasteiger partial charge in [-0.1, -0.05) is 18.2 Å². The molecule has 1 aromatic carbocycles. The van der Waals surface area contributed by atoms with Crippen molar-refractivity contribution in [2.24, 2.45) is 12.0 Å². The maximum Gasteiger partial charge on any atom is 0.297 e. The molecular weight excluding hydrogens is 342 g/mol. The number of nitrogens with zero attached hydrogens (tertiary/aromatic N) is 3. The summed E-state index contributed by atoms with van der Waals surface area (Å²) in [6.07, 6.45) is 1.14. The summed E-state index contributed by atoms with van der Waals surface area (Å²) in [6, 6.07) is 9.13. The van der Waals surface area contributed by atoms with Crippen LogP contribution < -0.4 is 11.1 Å². The van der Waals surface area contributed by atoms with Crippen LogP contribution in [0.5, 0.6) is 5.88 Å². The van der Waals surface area contributed by atoms with Crippen LogP contribution in [0.4, 0.5) is 5.69 Å². The van der Waals surface area contributed by atoms with Gasteiger partial charge in [-0.15, -0.1) is 0 Å². The van der Waals surface area contributed by atoms with Crippen LogP contribution in [0.2, 0.25) is 0 Å². The average Bonchev–Trinajstić information content (AvgIpc) is 2.78. The van der Waals surface area contributed by atoms with E-state index in [-0.39, 0.29) is 21.6 Å². The van der Waals surface area contributed by atoms with Crippen molar-refractivity contribution in [2.75, 3.05) is 0 Å². The van der Waals surface area contributed by atoms with E-state index in [1.54, 1.807) is 18.7 Å². The monoisotopic (exact) mass is 357 g/mol. The maximum atomic E-state index is 12.7. The van der Waals surface area contributed by atoms with Gasteiger partial charge in [0.1, 0.15) is 5.56 Å². The van der Waals surface area contributed by atoms with Gasteiger partial charge in [-0.05, 0) is 31.3 Å². The van der Waals surface area contributed by atoms with Gasteiger partial charge in [0.15, 0.2) is 10.5 Å². The minimum absolute atomic E-state index is 0.00183. The average molecular weight is 357 g/mol. The first kappa shape index (κ1) is 16.7. The zero-order valence-corrected chi connectivity index (χ0v) is 14.3. The minimum Gasteiger partial charge on any atom is -0.494 e. The molecule has 25 heavy (non-hydrogen) atoms. The quantitative estimate of drug-likeness (QED) is 0.489. The third-order valence-electron chi connectivity index (χ3n) is 3.81. The molecule has 0 saturated carbocycles. The predicted octanol–water partition coefficient (Wildman–Crippen LogP) is 1.69. The summed E-state index contributed by atoms with van der Waals surface area (Å²) in [5.41, 5.74) is 0.452. The van der Waals surface area contributed by atoms with E-state index in [9.17, 15) is 14.7 Å². The number of nitrogens with one attached hydrogen (secondary N) is 2. The molecule has 0 fully saturated rings. The zero-order valence-electron chi connectivity index (χ0n) is 13.5. The van der Waals surface area contributed by atoms with Gasteiger partial charge in [0.2, 0.25) is 5.88 Å². The van der Waals surface area contributed by atoms with E-state index in [2.05, 4.69) is 15.0 Å². The summed E-state index contributed by atoms with van der Waals surface area (Å²) in [5.74, 6) is -0.408. The number of aromatic amines is 2. The molecule has 2 aromatic heterocycles. The Kier molecular flexibility index (Phi) is 4.24. The van der Waals surface area contributed by atoms with Crippen molar-refractivity contribution in [3.8, 4) is 11.6 Å². The summed E-state index contributed by atoms with van der Waals surface area (Å²) in [6.45, 7) is 1.75. The topological polar surface area (TPSA) is 108 Å². The van der Waals surface area contributed by atoms with Crippen molar-refractivity contribution >= 4 is 24.1 Å². The number of para-hydroxylation sites is 1. The second kappa shape index (κ2) is 6.36. The van der Waals surface area contributed by atoms with Crippen molar-refractivity contribution < 1.29 is 5.11 Å². The number of aromatic hydroxyl groups is 1. The first-order chi connectivity index (χ1) is 11.9. The molecule has 0 saturated heterocycles. The zero-order chi connectivity index (χ0) is 18.1. The number of hydrogen-bond donors (Lipinski definition) is 3. The number of aromatic nitrogens is 4. The SMILES string of the molecule is Cc1c(N=Cc2c(O)[nH]c(=S)[nH]c2=O)c(=O)n(-c2ccccc2)n1C. The highest BCUT2D eigenvalue weighted by Gasteiger charge is 2.15. The molecule has 0 aliphatic carbocycles. The highest BCUT2D eigenvalue weighted by molar-refractivity contribution is 7.71. The Bertz CT molecular complexity index is 1140. The Balaban J connectivity index is 2.13. The van der Waals surface area contributed by atoms with Crippen LogP contribution >= 0.6 is 12.2 Å². The van der Waals surface area contributed by atoms with Crippen LogP contribution in [0.15, 0.2) is 44.9 Å². The molecule has 0 atom stereocenters. The lowest BCUT2D eigenvalue weighted by atomic mass is 10.3. The van der Waals surface area contributed by atoms with Crippen LogP contribution in [-0.2, 0) is 7.05 Å². The van der Waals surface area contributed by atoms with E-state index in [0.717, 1.165) is 6.21 Å². The van der Waals surface area contributed by atoms with Gasteiger partial charge in [-0.25, -0.2) is 9.67 Å². The predicted molar refractivity (Wildman–Crippen MR) is 96.9 cm³/mol. The summed E-state index contributed by atoms with van der Waals surface area (Å²) >= 11 is 4.77. The fourth-order valence-corrected chi connectivity index (χ4v) is 2.63. The van der Waals surface area contributed by atoms with E-state index < -0.39 is 11.4 Å². The maximum absolute atomic E-state index is 12.7. The summed E-state index contributed by atoms with van der Waals surface area (Å²) in [4.78, 5) is 33.5. The fourth-order valence-electron chi connectivity index (χ4n) is 2.44. The molecule has 0 bridgehead atoms. The Hall–Kier alpha value is -3.20. The normalized spacial score (nSPS) is 11.3. The molecule has 3 rings (SSSR count). The highest BCUT2D eigenvalue weighted by atomic mass is 32.1. The molecule has 0 radical (unpaired) electrons. The Morgan fingerprint density at radius 3 is 2.52 bits per heavy atom. The van der Waals surface area contributed by atoms with Crippen molar-refractivity contribution in [1.82, 2.24) is 19.3 Å². The van der Waals surface area contributed by atoms with Gasteiger partial charge >= 0.3 is 0 Å². The van der Waals surface area contributed by atoms with Gasteiger partial charge in [0.05, 0.1) is 11.4 Å². The number of aliphatic imine (C=N–C) groups is 1. The Morgan fingerprint density at radius 2 is 1.88 bits per heavy atom. The van der Waals surface area contributed by atoms with Gasteiger partial charge < -0.3 is 10.1 Å². The van der Waals surface area contributed by atoms with Crippen LogP contribution in [0.1, 0.15) is 11.3 Å². The summed E-state index contributed by atoms with van der Waals surface area (Å²) < 4.78 is 3.15. The first-order valence-electron chi connectivity index (χ1n) is 7.34. The largest absolute Gasteiger partial charge is 0.494 e. The lowest BCUT2D eigenvalue weighted by Crippen LogP contribution is -2.19. The molecule has 2 heterocycles. The van der Waals surface area contributed by atoms with E-state index in [1.807, 2.05) is 30.3 Å². The standard InChI is InChI=1S/C16H15N5O3S/c1-9-12(17-8-11-13(22)18-16(25)19-14(11)23)15(24)21(20(9)2)10-6-4-3-5-7-10/h3-8H,1-2H3,(H3,18,19,22,23,25). The second-order valence-electron chi connectivity index (χ2n) is 5.34. The van der Waals surface area contributed by atoms with Crippen molar-refractivity contribution in [3.63, 3.8) is 0 Å². The molecule has 3 N–H and O–H groups in total. The van der Waals surface area contributed by atoms with E-state index >= 15 is 0 Å². The first-order valence-corrected chi connectivity index (χ1v) is 7.74. The molecular formula is C16H15N5O3S. The van der Waals surface area contributed by atoms with Crippen molar-refractivity contribution in [3.05, 3.63) is 67.1 Å². The van der Waals surface area contributed by atoms with Crippen molar-refractivity contribution in [1.29, 1.82) is 0 Å². The molecule has 0 aliphatic rings. The van der Waals surface area contributed by atoms with Crippen LogP contribution in [0.3, 0.4) is 0 Å². The Morgan fingerprint density at radius 1 is 1.20 bits per heavy atom. The molecule has 9 heteroatoms. The second-order valence-corrected chi connectivity index (χ2v) is 5.75.